The van der Waals surface area contributed by atoms with Gasteiger partial charge in [0.2, 0.25) is 0 Å². The Morgan fingerprint density at radius 3 is 2.75 bits per heavy atom. The van der Waals surface area contributed by atoms with Gasteiger partial charge in [0, 0.05) is 0 Å². The maximum atomic E-state index is 11.0. The lowest BCUT2D eigenvalue weighted by molar-refractivity contribution is -0.0509. The standard InChI is InChI=1S/C11H21N3O2/c1-7(2)9-5-4-8(3)6-10(9)14-12-11(15)16-13-14/h7-10,13H,4-6H2,1-3H3,(H,12,15). The van der Waals surface area contributed by atoms with Crippen LogP contribution in [0.25, 0.3) is 0 Å². The minimum atomic E-state index is -0.416. The van der Waals surface area contributed by atoms with E-state index in [1.165, 1.54) is 12.8 Å². The Labute approximate surface area is 96.4 Å². The van der Waals surface area contributed by atoms with Crippen LogP contribution in [0, 0.1) is 17.8 Å². The molecule has 0 aromatic rings. The Bertz CT molecular complexity index is 270. The number of carbonyl (C=O) groups is 1. The summed E-state index contributed by atoms with van der Waals surface area (Å²) < 4.78 is 0. The number of nitrogens with one attached hydrogen (secondary N) is 2. The Balaban J connectivity index is 2.05. The molecule has 2 aliphatic rings. The highest BCUT2D eigenvalue weighted by Gasteiger charge is 2.38. The van der Waals surface area contributed by atoms with Gasteiger partial charge in [-0.3, -0.25) is 0 Å². The molecule has 5 heteroatoms. The van der Waals surface area contributed by atoms with Crippen molar-refractivity contribution in [3.05, 3.63) is 0 Å². The summed E-state index contributed by atoms with van der Waals surface area (Å²) in [5.41, 5.74) is 5.34. The molecule has 0 spiro atoms. The zero-order chi connectivity index (χ0) is 11.7. The first-order valence-corrected chi connectivity index (χ1v) is 6.10. The average molecular weight is 227 g/mol. The fourth-order valence-corrected chi connectivity index (χ4v) is 2.83. The van der Waals surface area contributed by atoms with Gasteiger partial charge in [-0.1, -0.05) is 32.8 Å². The van der Waals surface area contributed by atoms with Crippen molar-refractivity contribution in [3.63, 3.8) is 0 Å². The molecule has 1 aliphatic heterocycles. The van der Waals surface area contributed by atoms with E-state index in [0.717, 1.165) is 6.42 Å². The Hall–Kier alpha value is -0.810. The van der Waals surface area contributed by atoms with E-state index in [0.29, 0.717) is 23.8 Å². The molecule has 2 fully saturated rings. The zero-order valence-electron chi connectivity index (χ0n) is 10.2. The molecule has 0 bridgehead atoms. The highest BCUT2D eigenvalue weighted by molar-refractivity contribution is 5.67. The Morgan fingerprint density at radius 1 is 1.44 bits per heavy atom. The van der Waals surface area contributed by atoms with Crippen molar-refractivity contribution in [3.8, 4) is 0 Å². The van der Waals surface area contributed by atoms with Crippen molar-refractivity contribution >= 4 is 6.09 Å². The monoisotopic (exact) mass is 227 g/mol. The summed E-state index contributed by atoms with van der Waals surface area (Å²) in [4.78, 5) is 15.7. The maximum absolute atomic E-state index is 11.0. The molecule has 0 aromatic heterocycles. The van der Waals surface area contributed by atoms with Crippen molar-refractivity contribution in [1.82, 2.24) is 16.1 Å². The molecule has 1 saturated carbocycles. The van der Waals surface area contributed by atoms with E-state index in [9.17, 15) is 4.79 Å². The predicted octanol–water partition coefficient (Wildman–Crippen LogP) is 1.82. The molecule has 2 rings (SSSR count). The summed E-state index contributed by atoms with van der Waals surface area (Å²) in [6, 6.07) is 0.329. The van der Waals surface area contributed by atoms with Gasteiger partial charge in [0.25, 0.3) is 0 Å². The quantitative estimate of drug-likeness (QED) is 0.755. The van der Waals surface area contributed by atoms with Crippen LogP contribution in [-0.4, -0.2) is 17.3 Å². The molecule has 1 aliphatic carbocycles. The lowest BCUT2D eigenvalue weighted by atomic mass is 9.74. The third-order valence-corrected chi connectivity index (χ3v) is 3.77. The lowest BCUT2D eigenvalue weighted by Gasteiger charge is -2.40. The van der Waals surface area contributed by atoms with Crippen molar-refractivity contribution in [2.45, 2.75) is 46.1 Å². The number of hydrogen-bond acceptors (Lipinski definition) is 4. The van der Waals surface area contributed by atoms with Gasteiger partial charge in [0.05, 0.1) is 6.04 Å². The van der Waals surface area contributed by atoms with Crippen molar-refractivity contribution in [1.29, 1.82) is 0 Å². The SMILES string of the molecule is CC1CCC(C(C)C)C(N2NOC(=O)N2)C1. The van der Waals surface area contributed by atoms with Gasteiger partial charge in [-0.25, -0.2) is 10.2 Å². The number of amides is 1. The van der Waals surface area contributed by atoms with Crippen LogP contribution in [0.15, 0.2) is 0 Å². The van der Waals surface area contributed by atoms with Crippen molar-refractivity contribution in [2.75, 3.05) is 0 Å². The number of rotatable bonds is 2. The molecule has 92 valence electrons. The second-order valence-corrected chi connectivity index (χ2v) is 5.36. The number of nitrogens with zero attached hydrogens (tertiary/aromatic N) is 1. The van der Waals surface area contributed by atoms with Gasteiger partial charge in [-0.2, -0.15) is 0 Å². The molecule has 2 N–H and O–H groups in total. The summed E-state index contributed by atoms with van der Waals surface area (Å²) in [6.45, 7) is 6.75. The van der Waals surface area contributed by atoms with Gasteiger partial charge in [-0.15, -0.1) is 5.12 Å². The van der Waals surface area contributed by atoms with Crippen LogP contribution < -0.4 is 11.0 Å². The maximum Gasteiger partial charge on any atom is 0.443 e. The van der Waals surface area contributed by atoms with Gasteiger partial charge in [0.15, 0.2) is 0 Å². The first kappa shape index (κ1) is 11.7. The van der Waals surface area contributed by atoms with E-state index in [1.54, 1.807) is 5.12 Å². The third-order valence-electron chi connectivity index (χ3n) is 3.77. The zero-order valence-corrected chi connectivity index (χ0v) is 10.2. The number of carbonyl (C=O) groups excluding carboxylic acids is 1. The highest BCUT2D eigenvalue weighted by Crippen LogP contribution is 2.35. The summed E-state index contributed by atoms with van der Waals surface area (Å²) >= 11 is 0. The van der Waals surface area contributed by atoms with Gasteiger partial charge in [-0.05, 0) is 30.6 Å². The number of hydrazine groups is 2. The molecule has 3 atom stereocenters. The first-order chi connectivity index (χ1) is 7.58. The minimum absolute atomic E-state index is 0.329. The van der Waals surface area contributed by atoms with Crippen LogP contribution in [0.2, 0.25) is 0 Å². The second kappa shape index (κ2) is 4.59. The summed E-state index contributed by atoms with van der Waals surface area (Å²) in [6.07, 6.45) is 3.18. The molecule has 1 amide bonds. The minimum Gasteiger partial charge on any atom is -0.336 e. The van der Waals surface area contributed by atoms with Crippen LogP contribution in [0.1, 0.15) is 40.0 Å². The molecular formula is C11H21N3O2. The highest BCUT2D eigenvalue weighted by atomic mass is 16.8. The second-order valence-electron chi connectivity index (χ2n) is 5.36. The lowest BCUT2D eigenvalue weighted by Crippen LogP contribution is -2.53. The van der Waals surface area contributed by atoms with E-state index >= 15 is 0 Å². The summed E-state index contributed by atoms with van der Waals surface area (Å²) in [5.74, 6) is 1.93. The number of hydrogen-bond donors (Lipinski definition) is 2. The molecule has 5 nitrogen and oxygen atoms in total. The van der Waals surface area contributed by atoms with E-state index in [-0.39, 0.29) is 0 Å². The van der Waals surface area contributed by atoms with Crippen molar-refractivity contribution < 1.29 is 9.63 Å². The molecule has 1 heterocycles. The molecule has 0 radical (unpaired) electrons. The van der Waals surface area contributed by atoms with Crippen LogP contribution in [0.4, 0.5) is 4.79 Å². The Morgan fingerprint density at radius 2 is 2.19 bits per heavy atom. The molecule has 3 unspecified atom stereocenters. The van der Waals surface area contributed by atoms with E-state index in [1.807, 2.05) is 0 Å². The molecule has 1 saturated heterocycles. The Kier molecular flexibility index (Phi) is 3.35. The van der Waals surface area contributed by atoms with Gasteiger partial charge >= 0.3 is 6.09 Å². The van der Waals surface area contributed by atoms with E-state index in [2.05, 4.69) is 31.8 Å². The summed E-state index contributed by atoms with van der Waals surface area (Å²) in [5, 5.41) is 1.74. The first-order valence-electron chi connectivity index (χ1n) is 6.10. The van der Waals surface area contributed by atoms with Crippen molar-refractivity contribution in [2.24, 2.45) is 17.8 Å². The molecule has 0 aromatic carbocycles. The predicted molar refractivity (Wildman–Crippen MR) is 59.7 cm³/mol. The van der Waals surface area contributed by atoms with Gasteiger partial charge < -0.3 is 4.84 Å². The summed E-state index contributed by atoms with van der Waals surface area (Å²) in [7, 11) is 0. The fourth-order valence-electron chi connectivity index (χ4n) is 2.83. The van der Waals surface area contributed by atoms with E-state index < -0.39 is 6.09 Å². The normalized spacial score (nSPS) is 36.2. The van der Waals surface area contributed by atoms with Crippen LogP contribution >= 0.6 is 0 Å². The average Bonchev–Trinajstić information content (AvgIpc) is 2.64. The fraction of sp³-hybridized carbons (Fsp3) is 0.909. The third kappa shape index (κ3) is 2.30. The van der Waals surface area contributed by atoms with Crippen LogP contribution in [0.5, 0.6) is 0 Å². The largest absolute Gasteiger partial charge is 0.443 e. The molecular weight excluding hydrogens is 206 g/mol. The smallest absolute Gasteiger partial charge is 0.336 e. The topological polar surface area (TPSA) is 53.6 Å². The van der Waals surface area contributed by atoms with Crippen LogP contribution in [-0.2, 0) is 4.84 Å². The molecule has 16 heavy (non-hydrogen) atoms. The van der Waals surface area contributed by atoms with E-state index in [4.69, 9.17) is 4.84 Å². The van der Waals surface area contributed by atoms with Crippen LogP contribution in [0.3, 0.4) is 0 Å². The van der Waals surface area contributed by atoms with Gasteiger partial charge in [0.1, 0.15) is 0 Å².